The Morgan fingerprint density at radius 2 is 1.64 bits per heavy atom. The van der Waals surface area contributed by atoms with Gasteiger partial charge in [-0.2, -0.15) is 0 Å². The predicted octanol–water partition coefficient (Wildman–Crippen LogP) is 6.06. The molecule has 0 aromatic heterocycles. The van der Waals surface area contributed by atoms with Crippen molar-refractivity contribution in [2.24, 2.45) is 5.92 Å². The van der Waals surface area contributed by atoms with Gasteiger partial charge in [-0.15, -0.1) is 0 Å². The van der Waals surface area contributed by atoms with Gasteiger partial charge < -0.3 is 4.74 Å². The topological polar surface area (TPSA) is 26.3 Å². The average molecular weight is 417 g/mol. The van der Waals surface area contributed by atoms with Crippen LogP contribution in [0.5, 0.6) is 0 Å². The number of hydrogen-bond acceptors (Lipinski definition) is 2. The van der Waals surface area contributed by atoms with Crippen molar-refractivity contribution >= 4 is 27.1 Å². The maximum atomic E-state index is 10.6. The van der Waals surface area contributed by atoms with Crippen LogP contribution in [0.25, 0.3) is 0 Å². The fourth-order valence-electron chi connectivity index (χ4n) is 1.79. The van der Waals surface area contributed by atoms with E-state index in [0.717, 1.165) is 18.8 Å². The molecule has 0 aliphatic rings. The Bertz CT molecular complexity index is 234. The molecule has 0 heterocycles. The number of carbonyl (C=O) groups excluding carboxylic acids is 1. The van der Waals surface area contributed by atoms with Crippen LogP contribution in [-0.4, -0.2) is 33.7 Å². The zero-order chi connectivity index (χ0) is 17.1. The Balaban J connectivity index is 0. The molecule has 0 fully saturated rings. The van der Waals surface area contributed by atoms with Crippen molar-refractivity contribution in [2.75, 3.05) is 6.61 Å². The van der Waals surface area contributed by atoms with Crippen LogP contribution in [-0.2, 0) is 9.53 Å². The first-order valence-corrected chi connectivity index (χ1v) is 13.1. The van der Waals surface area contributed by atoms with Crippen LogP contribution in [0, 0.1) is 5.92 Å². The third-order valence-electron chi connectivity index (χ3n) is 3.25. The molecule has 0 aliphatic heterocycles. The number of carbonyl (C=O) groups is 1. The average Bonchev–Trinajstić information content (AvgIpc) is 2.50. The summed E-state index contributed by atoms with van der Waals surface area (Å²) in [5, 5.41) is 0. The van der Waals surface area contributed by atoms with Crippen molar-refractivity contribution in [3.63, 3.8) is 0 Å². The van der Waals surface area contributed by atoms with Crippen molar-refractivity contribution in [3.8, 4) is 0 Å². The third kappa shape index (κ3) is 25.0. The van der Waals surface area contributed by atoms with Gasteiger partial charge in [-0.1, -0.05) is 39.7 Å². The molecule has 0 saturated carbocycles. The standard InChI is InChI=1S/C11H20O2.2C4H9.Sn/c1-4-11(12)13-9-7-5-6-8-10(2)3;2*1-3-4-2;/h4,10H,1,5-9H2,2-3H3;2*1,3-4H2,2H3;. The Morgan fingerprint density at radius 3 is 2.09 bits per heavy atom. The van der Waals surface area contributed by atoms with Crippen LogP contribution in [0.2, 0.25) is 8.87 Å². The molecule has 2 nitrogen and oxygen atoms in total. The molecule has 0 aromatic carbocycles. The number of rotatable bonds is 13. The number of ether oxygens (including phenoxy) is 1. The minimum atomic E-state index is -0.316. The van der Waals surface area contributed by atoms with Crippen LogP contribution in [0.4, 0.5) is 0 Å². The molecule has 0 spiro atoms. The van der Waals surface area contributed by atoms with Gasteiger partial charge >= 0.3 is 75.5 Å². The van der Waals surface area contributed by atoms with Gasteiger partial charge in [-0.25, -0.2) is 4.79 Å². The molecular formula is C19H38O2Sn. The number of hydrogen-bond donors (Lipinski definition) is 0. The van der Waals surface area contributed by atoms with Crippen molar-refractivity contribution in [2.45, 2.75) is 87.9 Å². The van der Waals surface area contributed by atoms with E-state index in [2.05, 4.69) is 34.3 Å². The second kappa shape index (κ2) is 21.0. The first-order chi connectivity index (χ1) is 10.6. The van der Waals surface area contributed by atoms with Gasteiger partial charge in [0.15, 0.2) is 0 Å². The summed E-state index contributed by atoms with van der Waals surface area (Å²) in [6.07, 6.45) is 11.6. The summed E-state index contributed by atoms with van der Waals surface area (Å²) in [4.78, 5) is 10.6. The molecule has 130 valence electrons. The summed E-state index contributed by atoms with van der Waals surface area (Å²) in [7, 11) is 0. The van der Waals surface area contributed by atoms with Crippen molar-refractivity contribution in [1.29, 1.82) is 0 Å². The van der Waals surface area contributed by atoms with Gasteiger partial charge in [0.2, 0.25) is 0 Å². The molecule has 3 heteroatoms. The minimum absolute atomic E-state index is 0.149. The molecule has 2 radical (unpaired) electrons. The predicted molar refractivity (Wildman–Crippen MR) is 99.6 cm³/mol. The zero-order valence-electron chi connectivity index (χ0n) is 15.5. The second-order valence-corrected chi connectivity index (χ2v) is 10.4. The summed E-state index contributed by atoms with van der Waals surface area (Å²) in [5.41, 5.74) is 0. The maximum absolute atomic E-state index is 10.6. The van der Waals surface area contributed by atoms with Crippen LogP contribution < -0.4 is 0 Å². The summed E-state index contributed by atoms with van der Waals surface area (Å²) in [6.45, 7) is 12.9. The number of unbranched alkanes of at least 4 members (excludes halogenated alkanes) is 4. The molecule has 0 rings (SSSR count). The van der Waals surface area contributed by atoms with E-state index >= 15 is 0 Å². The molecule has 22 heavy (non-hydrogen) atoms. The third-order valence-corrected chi connectivity index (χ3v) is 7.29. The van der Waals surface area contributed by atoms with Crippen LogP contribution >= 0.6 is 0 Å². The van der Waals surface area contributed by atoms with Crippen molar-refractivity contribution in [1.82, 2.24) is 0 Å². The molecule has 0 N–H and O–H groups in total. The number of esters is 1. The fourth-order valence-corrected chi connectivity index (χ4v) is 5.95. The molecule has 0 saturated heterocycles. The first-order valence-electron chi connectivity index (χ1n) is 9.08. The normalized spacial score (nSPS) is 10.0. The van der Waals surface area contributed by atoms with E-state index in [1.54, 1.807) is 8.87 Å². The van der Waals surface area contributed by atoms with Crippen molar-refractivity contribution < 1.29 is 9.53 Å². The monoisotopic (exact) mass is 418 g/mol. The van der Waals surface area contributed by atoms with Crippen LogP contribution in [0.3, 0.4) is 0 Å². The summed E-state index contributed by atoms with van der Waals surface area (Å²) in [6, 6.07) is 0. The molecule has 0 bridgehead atoms. The Labute approximate surface area is 149 Å². The Hall–Kier alpha value is 0.00870. The van der Waals surface area contributed by atoms with Gasteiger partial charge in [0.25, 0.3) is 0 Å². The van der Waals surface area contributed by atoms with E-state index < -0.39 is 0 Å². The van der Waals surface area contributed by atoms with E-state index in [9.17, 15) is 4.79 Å². The van der Waals surface area contributed by atoms with Gasteiger partial charge in [0.1, 0.15) is 0 Å². The zero-order valence-corrected chi connectivity index (χ0v) is 18.3. The quantitative estimate of drug-likeness (QED) is 0.158. The summed E-state index contributed by atoms with van der Waals surface area (Å²) >= 11 is 0.149. The SMILES string of the molecule is C=CC(=O)OCCCCCC(C)C.CCC[CH2][Sn][CH2]CCC. The molecular weight excluding hydrogens is 379 g/mol. The molecule has 0 amide bonds. The Morgan fingerprint density at radius 1 is 1.05 bits per heavy atom. The van der Waals surface area contributed by atoms with E-state index in [1.807, 2.05) is 0 Å². The molecule has 0 unspecified atom stereocenters. The van der Waals surface area contributed by atoms with Gasteiger partial charge in [0.05, 0.1) is 6.61 Å². The van der Waals surface area contributed by atoms with Gasteiger partial charge in [-0.05, 0) is 12.3 Å². The van der Waals surface area contributed by atoms with E-state index in [0.29, 0.717) is 6.61 Å². The molecule has 0 aliphatic carbocycles. The van der Waals surface area contributed by atoms with E-state index in [-0.39, 0.29) is 27.1 Å². The summed E-state index contributed by atoms with van der Waals surface area (Å²) in [5.74, 6) is 0.458. The fraction of sp³-hybridized carbons (Fsp3) is 0.842. The van der Waals surface area contributed by atoms with Crippen LogP contribution in [0.1, 0.15) is 79.1 Å². The van der Waals surface area contributed by atoms with Crippen LogP contribution in [0.15, 0.2) is 12.7 Å². The van der Waals surface area contributed by atoms with Gasteiger partial charge in [0, 0.05) is 6.08 Å². The van der Waals surface area contributed by atoms with E-state index in [4.69, 9.17) is 4.74 Å². The van der Waals surface area contributed by atoms with Crippen molar-refractivity contribution in [3.05, 3.63) is 12.7 Å². The second-order valence-electron chi connectivity index (χ2n) is 6.07. The first kappa shape index (κ1) is 24.3. The van der Waals surface area contributed by atoms with E-state index in [1.165, 1.54) is 44.6 Å². The summed E-state index contributed by atoms with van der Waals surface area (Å²) < 4.78 is 8.09. The molecule has 0 atom stereocenters. The Kier molecular flexibility index (Phi) is 23.2. The van der Waals surface area contributed by atoms with Gasteiger partial charge in [-0.3, -0.25) is 0 Å². The molecule has 0 aromatic rings.